The fraction of sp³-hybridized carbons (Fsp3) is 0.0667. The molecular formula is C30H23BrClN5O. The van der Waals surface area contributed by atoms with Gasteiger partial charge in [-0.05, 0) is 45.3 Å². The maximum atomic E-state index is 12.7. The van der Waals surface area contributed by atoms with Crippen LogP contribution in [0.25, 0.3) is 27.8 Å². The van der Waals surface area contributed by atoms with Crippen LogP contribution in [-0.2, 0) is 13.1 Å². The Hall–Kier alpha value is -4.07. The van der Waals surface area contributed by atoms with Crippen LogP contribution in [0.5, 0.6) is 0 Å². The number of aromatic nitrogens is 3. The van der Waals surface area contributed by atoms with E-state index in [1.807, 2.05) is 83.4 Å². The molecule has 3 aromatic heterocycles. The van der Waals surface area contributed by atoms with Gasteiger partial charge in [0, 0.05) is 53.0 Å². The zero-order valence-electron chi connectivity index (χ0n) is 20.2. The number of fused-ring (bicyclic) bond motifs is 2. The standard InChI is InChI=1S/C30H23BrClN5O/c31-24-13-14-37-28(15-27(36-29(24)37)22-6-1-3-7-25(22)32)34-16-19-9-11-20(12-10-19)17-35-30(38)23-18-33-26-8-4-2-5-21(23)26/h1-15,18,33-34H,16-17H2,(H,35,38). The Labute approximate surface area is 232 Å². The minimum Gasteiger partial charge on any atom is -0.367 e. The zero-order chi connectivity index (χ0) is 26.1. The van der Waals surface area contributed by atoms with E-state index in [-0.39, 0.29) is 5.91 Å². The minimum absolute atomic E-state index is 0.0953. The van der Waals surface area contributed by atoms with Gasteiger partial charge in [0.25, 0.3) is 5.91 Å². The molecule has 0 unspecified atom stereocenters. The average molecular weight is 585 g/mol. The Morgan fingerprint density at radius 1 is 0.947 bits per heavy atom. The Morgan fingerprint density at radius 2 is 1.68 bits per heavy atom. The maximum Gasteiger partial charge on any atom is 0.253 e. The van der Waals surface area contributed by atoms with E-state index < -0.39 is 0 Å². The van der Waals surface area contributed by atoms with Crippen LogP contribution in [0.2, 0.25) is 5.02 Å². The van der Waals surface area contributed by atoms with Crippen molar-refractivity contribution in [3.8, 4) is 11.3 Å². The van der Waals surface area contributed by atoms with Crippen molar-refractivity contribution >= 4 is 55.8 Å². The number of H-pyrrole nitrogens is 1. The van der Waals surface area contributed by atoms with Crippen LogP contribution in [-0.4, -0.2) is 20.3 Å². The van der Waals surface area contributed by atoms with E-state index in [1.54, 1.807) is 6.20 Å². The number of para-hydroxylation sites is 1. The highest BCUT2D eigenvalue weighted by molar-refractivity contribution is 9.10. The molecule has 0 aliphatic heterocycles. The van der Waals surface area contributed by atoms with Gasteiger partial charge in [-0.2, -0.15) is 0 Å². The highest BCUT2D eigenvalue weighted by atomic mass is 79.9. The van der Waals surface area contributed by atoms with Gasteiger partial charge in [0.1, 0.15) is 5.82 Å². The number of benzene rings is 3. The number of halogens is 2. The van der Waals surface area contributed by atoms with Crippen LogP contribution < -0.4 is 10.6 Å². The fourth-order valence-corrected chi connectivity index (χ4v) is 5.13. The second-order valence-electron chi connectivity index (χ2n) is 8.96. The summed E-state index contributed by atoms with van der Waals surface area (Å²) in [4.78, 5) is 20.7. The van der Waals surface area contributed by atoms with Crippen LogP contribution in [0.4, 0.5) is 5.82 Å². The molecule has 6 rings (SSSR count). The molecule has 0 atom stereocenters. The van der Waals surface area contributed by atoms with Gasteiger partial charge in [-0.25, -0.2) is 4.98 Å². The number of anilines is 1. The Balaban J connectivity index is 1.15. The summed E-state index contributed by atoms with van der Waals surface area (Å²) in [6.45, 7) is 1.08. The lowest BCUT2D eigenvalue weighted by molar-refractivity contribution is 0.0952. The van der Waals surface area contributed by atoms with E-state index in [4.69, 9.17) is 16.6 Å². The van der Waals surface area contributed by atoms with Gasteiger partial charge < -0.3 is 15.6 Å². The molecule has 38 heavy (non-hydrogen) atoms. The first-order chi connectivity index (χ1) is 18.6. The van der Waals surface area contributed by atoms with Crippen LogP contribution in [0.3, 0.4) is 0 Å². The van der Waals surface area contributed by atoms with Crippen LogP contribution in [0.15, 0.2) is 102 Å². The molecule has 0 radical (unpaired) electrons. The van der Waals surface area contributed by atoms with Crippen molar-refractivity contribution in [2.24, 2.45) is 0 Å². The molecule has 188 valence electrons. The fourth-order valence-electron chi connectivity index (χ4n) is 4.49. The predicted octanol–water partition coefficient (Wildman–Crippen LogP) is 7.44. The first-order valence-corrected chi connectivity index (χ1v) is 13.3. The van der Waals surface area contributed by atoms with Gasteiger partial charge in [-0.3, -0.25) is 9.20 Å². The molecule has 0 aliphatic carbocycles. The smallest absolute Gasteiger partial charge is 0.253 e. The van der Waals surface area contributed by atoms with E-state index in [0.29, 0.717) is 23.7 Å². The van der Waals surface area contributed by atoms with Crippen molar-refractivity contribution in [1.29, 1.82) is 0 Å². The molecule has 0 fully saturated rings. The van der Waals surface area contributed by atoms with Crippen molar-refractivity contribution < 1.29 is 4.79 Å². The normalized spacial score (nSPS) is 11.2. The molecule has 0 saturated carbocycles. The summed E-state index contributed by atoms with van der Waals surface area (Å²) < 4.78 is 2.92. The lowest BCUT2D eigenvalue weighted by Gasteiger charge is -2.13. The first kappa shape index (κ1) is 24.3. The quantitative estimate of drug-likeness (QED) is 0.183. The third-order valence-corrected chi connectivity index (χ3v) is 7.45. The summed E-state index contributed by atoms with van der Waals surface area (Å²) in [6, 6.07) is 27.7. The molecule has 1 amide bonds. The molecular weight excluding hydrogens is 562 g/mol. The molecule has 6 aromatic rings. The largest absolute Gasteiger partial charge is 0.367 e. The minimum atomic E-state index is -0.0953. The van der Waals surface area contributed by atoms with E-state index in [9.17, 15) is 4.79 Å². The van der Waals surface area contributed by atoms with Gasteiger partial charge in [0.05, 0.1) is 15.7 Å². The summed E-state index contributed by atoms with van der Waals surface area (Å²) in [7, 11) is 0. The van der Waals surface area contributed by atoms with Crippen molar-refractivity contribution in [3.63, 3.8) is 0 Å². The highest BCUT2D eigenvalue weighted by Crippen LogP contribution is 2.31. The lowest BCUT2D eigenvalue weighted by atomic mass is 10.1. The number of hydrogen-bond donors (Lipinski definition) is 3. The number of carbonyl (C=O) groups excluding carboxylic acids is 1. The van der Waals surface area contributed by atoms with E-state index in [2.05, 4.69) is 43.7 Å². The predicted molar refractivity (Wildman–Crippen MR) is 157 cm³/mol. The maximum absolute atomic E-state index is 12.7. The van der Waals surface area contributed by atoms with E-state index in [1.165, 1.54) is 0 Å². The number of rotatable bonds is 7. The topological polar surface area (TPSA) is 74.2 Å². The number of amides is 1. The second kappa shape index (κ2) is 10.4. The first-order valence-electron chi connectivity index (χ1n) is 12.2. The second-order valence-corrected chi connectivity index (χ2v) is 10.2. The Bertz CT molecular complexity index is 1770. The van der Waals surface area contributed by atoms with Crippen molar-refractivity contribution in [2.75, 3.05) is 5.32 Å². The molecule has 0 saturated heterocycles. The molecule has 3 heterocycles. The van der Waals surface area contributed by atoms with E-state index >= 15 is 0 Å². The number of nitrogens with zero attached hydrogens (tertiary/aromatic N) is 2. The molecule has 6 nitrogen and oxygen atoms in total. The third-order valence-electron chi connectivity index (χ3n) is 6.50. The lowest BCUT2D eigenvalue weighted by Crippen LogP contribution is -2.22. The third kappa shape index (κ3) is 4.78. The van der Waals surface area contributed by atoms with Gasteiger partial charge in [0.15, 0.2) is 5.65 Å². The summed E-state index contributed by atoms with van der Waals surface area (Å²) in [5.41, 5.74) is 6.24. The Morgan fingerprint density at radius 3 is 2.50 bits per heavy atom. The van der Waals surface area contributed by atoms with Gasteiger partial charge in [-0.15, -0.1) is 0 Å². The summed E-state index contributed by atoms with van der Waals surface area (Å²) in [5, 5.41) is 8.14. The summed E-state index contributed by atoms with van der Waals surface area (Å²) in [6.07, 6.45) is 3.73. The molecule has 0 bridgehead atoms. The zero-order valence-corrected chi connectivity index (χ0v) is 22.6. The number of carbonyl (C=O) groups is 1. The van der Waals surface area contributed by atoms with Crippen molar-refractivity contribution in [1.82, 2.24) is 19.7 Å². The molecule has 3 N–H and O–H groups in total. The Kier molecular flexibility index (Phi) is 6.62. The summed E-state index contributed by atoms with van der Waals surface area (Å²) >= 11 is 10.1. The average Bonchev–Trinajstić information content (AvgIpc) is 3.55. The van der Waals surface area contributed by atoms with Crippen molar-refractivity contribution in [3.05, 3.63) is 124 Å². The molecule has 0 spiro atoms. The SMILES string of the molecule is O=C(NCc1ccc(CNc2cc(-c3ccccc3Cl)nc3c(Br)ccn23)cc1)c1c[nH]c2ccccc12. The highest BCUT2D eigenvalue weighted by Gasteiger charge is 2.13. The molecule has 8 heteroatoms. The van der Waals surface area contributed by atoms with Crippen LogP contribution in [0, 0.1) is 0 Å². The van der Waals surface area contributed by atoms with Crippen LogP contribution >= 0.6 is 27.5 Å². The summed E-state index contributed by atoms with van der Waals surface area (Å²) in [5.74, 6) is 0.813. The number of aromatic amines is 1. The monoisotopic (exact) mass is 583 g/mol. The molecule has 0 aliphatic rings. The van der Waals surface area contributed by atoms with Gasteiger partial charge in [-0.1, -0.05) is 72.3 Å². The number of nitrogens with one attached hydrogen (secondary N) is 3. The van der Waals surface area contributed by atoms with Gasteiger partial charge in [0.2, 0.25) is 0 Å². The van der Waals surface area contributed by atoms with E-state index in [0.717, 1.165) is 49.2 Å². The molecule has 3 aromatic carbocycles. The van der Waals surface area contributed by atoms with Gasteiger partial charge >= 0.3 is 0 Å². The van der Waals surface area contributed by atoms with Crippen molar-refractivity contribution in [2.45, 2.75) is 13.1 Å². The van der Waals surface area contributed by atoms with Crippen LogP contribution in [0.1, 0.15) is 21.5 Å². The number of hydrogen-bond acceptors (Lipinski definition) is 3.